The molecule has 0 fully saturated rings. The van der Waals surface area contributed by atoms with Gasteiger partial charge in [0.05, 0.1) is 19.8 Å². The molecule has 4 heteroatoms. The minimum atomic E-state index is -0.327. The molecule has 3 nitrogen and oxygen atoms in total. The van der Waals surface area contributed by atoms with Crippen molar-refractivity contribution in [1.82, 2.24) is 0 Å². The van der Waals surface area contributed by atoms with Gasteiger partial charge in [-0.1, -0.05) is 18.2 Å². The van der Waals surface area contributed by atoms with Crippen molar-refractivity contribution in [2.24, 2.45) is 0 Å². The number of benzene rings is 2. The summed E-state index contributed by atoms with van der Waals surface area (Å²) in [5.74, 6) is 0.459. The normalized spacial score (nSPS) is 10.2. The van der Waals surface area contributed by atoms with Gasteiger partial charge in [-0.25, -0.2) is 4.79 Å². The van der Waals surface area contributed by atoms with Gasteiger partial charge in [0.25, 0.3) is 0 Å². The second-order valence-electron chi connectivity index (χ2n) is 4.13. The average Bonchev–Trinajstić information content (AvgIpc) is 2.53. The lowest BCUT2D eigenvalue weighted by atomic mass is 9.99. The van der Waals surface area contributed by atoms with Crippen LogP contribution in [0.3, 0.4) is 0 Å². The monoisotopic (exact) mass is 288 g/mol. The van der Waals surface area contributed by atoms with Gasteiger partial charge in [-0.2, -0.15) is 0 Å². The third-order valence-electron chi connectivity index (χ3n) is 3.03. The first kappa shape index (κ1) is 14.5. The SMILES string of the molecule is COC(=O)c1cc(SC)ccc1-c1ccc(OC)cc1. The Morgan fingerprint density at radius 1 is 1.05 bits per heavy atom. The highest BCUT2D eigenvalue weighted by Gasteiger charge is 2.14. The molecule has 0 bridgehead atoms. The molecule has 104 valence electrons. The minimum Gasteiger partial charge on any atom is -0.497 e. The van der Waals surface area contributed by atoms with Gasteiger partial charge in [0.1, 0.15) is 5.75 Å². The molecule has 0 aliphatic rings. The van der Waals surface area contributed by atoms with E-state index in [0.717, 1.165) is 21.8 Å². The smallest absolute Gasteiger partial charge is 0.338 e. The number of carbonyl (C=O) groups is 1. The Bertz CT molecular complexity index is 606. The van der Waals surface area contributed by atoms with Crippen LogP contribution in [0.15, 0.2) is 47.4 Å². The maximum absolute atomic E-state index is 11.9. The Hall–Kier alpha value is -1.94. The van der Waals surface area contributed by atoms with E-state index in [2.05, 4.69) is 0 Å². The number of ether oxygens (including phenoxy) is 2. The quantitative estimate of drug-likeness (QED) is 0.632. The van der Waals surface area contributed by atoms with E-state index in [1.165, 1.54) is 7.11 Å². The van der Waals surface area contributed by atoms with Crippen molar-refractivity contribution in [3.05, 3.63) is 48.0 Å². The zero-order valence-corrected chi connectivity index (χ0v) is 12.5. The number of carbonyl (C=O) groups excluding carboxylic acids is 1. The van der Waals surface area contributed by atoms with Crippen LogP contribution in [0.5, 0.6) is 5.75 Å². The summed E-state index contributed by atoms with van der Waals surface area (Å²) in [6.45, 7) is 0. The summed E-state index contributed by atoms with van der Waals surface area (Å²) in [7, 11) is 3.02. The van der Waals surface area contributed by atoms with Crippen molar-refractivity contribution in [3.8, 4) is 16.9 Å². The van der Waals surface area contributed by atoms with E-state index in [0.29, 0.717) is 5.56 Å². The summed E-state index contributed by atoms with van der Waals surface area (Å²) < 4.78 is 10.0. The fraction of sp³-hybridized carbons (Fsp3) is 0.188. The molecular formula is C16H16O3S. The van der Waals surface area contributed by atoms with Crippen LogP contribution >= 0.6 is 11.8 Å². The summed E-state index contributed by atoms with van der Waals surface area (Å²) in [5, 5.41) is 0. The fourth-order valence-electron chi connectivity index (χ4n) is 1.95. The first-order valence-electron chi connectivity index (χ1n) is 6.10. The fourth-order valence-corrected chi connectivity index (χ4v) is 2.39. The molecule has 0 unspecified atom stereocenters. The summed E-state index contributed by atoms with van der Waals surface area (Å²) in [6, 6.07) is 13.4. The first-order valence-corrected chi connectivity index (χ1v) is 7.33. The molecule has 2 aromatic carbocycles. The average molecular weight is 288 g/mol. The number of esters is 1. The van der Waals surface area contributed by atoms with Crippen molar-refractivity contribution in [3.63, 3.8) is 0 Å². The summed E-state index contributed by atoms with van der Waals surface area (Å²) in [6.07, 6.45) is 1.98. The molecule has 20 heavy (non-hydrogen) atoms. The molecule has 0 aromatic heterocycles. The highest BCUT2D eigenvalue weighted by molar-refractivity contribution is 7.98. The molecule has 0 radical (unpaired) electrons. The molecule has 0 saturated heterocycles. The molecule has 0 heterocycles. The third-order valence-corrected chi connectivity index (χ3v) is 3.76. The van der Waals surface area contributed by atoms with E-state index < -0.39 is 0 Å². The highest BCUT2D eigenvalue weighted by atomic mass is 32.2. The standard InChI is InChI=1S/C16H16O3S/c1-18-12-6-4-11(5-7-12)14-9-8-13(20-3)10-15(14)16(17)19-2/h4-10H,1-3H3. The van der Waals surface area contributed by atoms with E-state index in [4.69, 9.17) is 9.47 Å². The van der Waals surface area contributed by atoms with Crippen LogP contribution in [0, 0.1) is 0 Å². The van der Waals surface area contributed by atoms with E-state index in [1.807, 2.05) is 48.7 Å². The van der Waals surface area contributed by atoms with Crippen LogP contribution < -0.4 is 4.74 Å². The predicted molar refractivity (Wildman–Crippen MR) is 81.6 cm³/mol. The maximum Gasteiger partial charge on any atom is 0.338 e. The Kier molecular flexibility index (Phi) is 4.69. The molecule has 2 rings (SSSR count). The zero-order valence-electron chi connectivity index (χ0n) is 11.7. The highest BCUT2D eigenvalue weighted by Crippen LogP contribution is 2.29. The lowest BCUT2D eigenvalue weighted by Crippen LogP contribution is -2.03. The lowest BCUT2D eigenvalue weighted by molar-refractivity contribution is 0.0601. The number of hydrogen-bond acceptors (Lipinski definition) is 4. The number of rotatable bonds is 4. The van der Waals surface area contributed by atoms with Gasteiger partial charge < -0.3 is 9.47 Å². The van der Waals surface area contributed by atoms with Crippen LogP contribution in [0.2, 0.25) is 0 Å². The van der Waals surface area contributed by atoms with Gasteiger partial charge in [0.2, 0.25) is 0 Å². The third kappa shape index (κ3) is 2.96. The zero-order chi connectivity index (χ0) is 14.5. The lowest BCUT2D eigenvalue weighted by Gasteiger charge is -2.10. The number of methoxy groups -OCH3 is 2. The number of thioether (sulfide) groups is 1. The summed E-state index contributed by atoms with van der Waals surface area (Å²) >= 11 is 1.59. The molecule has 0 N–H and O–H groups in total. The second kappa shape index (κ2) is 6.48. The van der Waals surface area contributed by atoms with Gasteiger partial charge in [0, 0.05) is 4.90 Å². The Balaban J connectivity index is 2.51. The topological polar surface area (TPSA) is 35.5 Å². The van der Waals surface area contributed by atoms with Crippen LogP contribution in [-0.4, -0.2) is 26.4 Å². The van der Waals surface area contributed by atoms with Crippen LogP contribution in [0.4, 0.5) is 0 Å². The summed E-state index contributed by atoms with van der Waals surface area (Å²) in [5.41, 5.74) is 2.39. The van der Waals surface area contributed by atoms with E-state index in [1.54, 1.807) is 18.9 Å². The van der Waals surface area contributed by atoms with Crippen molar-refractivity contribution in [1.29, 1.82) is 0 Å². The van der Waals surface area contributed by atoms with Gasteiger partial charge >= 0.3 is 5.97 Å². The van der Waals surface area contributed by atoms with Crippen LogP contribution in [0.1, 0.15) is 10.4 Å². The Morgan fingerprint density at radius 2 is 1.75 bits per heavy atom. The molecule has 0 spiro atoms. The molecular weight excluding hydrogens is 272 g/mol. The first-order chi connectivity index (χ1) is 9.69. The molecule has 0 amide bonds. The van der Waals surface area contributed by atoms with Crippen molar-refractivity contribution >= 4 is 17.7 Å². The summed E-state index contributed by atoms with van der Waals surface area (Å²) in [4.78, 5) is 13.0. The Morgan fingerprint density at radius 3 is 2.30 bits per heavy atom. The van der Waals surface area contributed by atoms with Gasteiger partial charge in [-0.3, -0.25) is 0 Å². The van der Waals surface area contributed by atoms with Gasteiger partial charge in [-0.05, 0) is 41.6 Å². The van der Waals surface area contributed by atoms with Crippen LogP contribution in [0.25, 0.3) is 11.1 Å². The molecule has 0 aliphatic carbocycles. The van der Waals surface area contributed by atoms with E-state index in [9.17, 15) is 4.79 Å². The molecule has 0 saturated carbocycles. The van der Waals surface area contributed by atoms with Crippen molar-refractivity contribution in [2.75, 3.05) is 20.5 Å². The van der Waals surface area contributed by atoms with E-state index in [-0.39, 0.29) is 5.97 Å². The largest absolute Gasteiger partial charge is 0.497 e. The number of hydrogen-bond donors (Lipinski definition) is 0. The van der Waals surface area contributed by atoms with Gasteiger partial charge in [0.15, 0.2) is 0 Å². The van der Waals surface area contributed by atoms with E-state index >= 15 is 0 Å². The van der Waals surface area contributed by atoms with Crippen molar-refractivity contribution in [2.45, 2.75) is 4.90 Å². The second-order valence-corrected chi connectivity index (χ2v) is 5.01. The minimum absolute atomic E-state index is 0.327. The van der Waals surface area contributed by atoms with Crippen molar-refractivity contribution < 1.29 is 14.3 Å². The van der Waals surface area contributed by atoms with Crippen LogP contribution in [-0.2, 0) is 4.74 Å². The molecule has 0 atom stereocenters. The molecule has 0 aliphatic heterocycles. The molecule has 2 aromatic rings. The maximum atomic E-state index is 11.9. The van der Waals surface area contributed by atoms with Gasteiger partial charge in [-0.15, -0.1) is 11.8 Å². The predicted octanol–water partition coefficient (Wildman–Crippen LogP) is 3.87. The Labute approximate surface area is 122 Å².